The predicted molar refractivity (Wildman–Crippen MR) is 75.8 cm³/mol. The average molecular weight is 247 g/mol. The Balaban J connectivity index is 2.25. The molecule has 4 N–H and O–H groups in total. The van der Waals surface area contributed by atoms with Crippen LogP contribution in [-0.2, 0) is 11.2 Å². The summed E-state index contributed by atoms with van der Waals surface area (Å²) in [5, 5.41) is 6.33. The van der Waals surface area contributed by atoms with Gasteiger partial charge in [-0.3, -0.25) is 4.79 Å². The van der Waals surface area contributed by atoms with E-state index in [4.69, 9.17) is 5.73 Å². The van der Waals surface area contributed by atoms with E-state index in [1.165, 1.54) is 0 Å². The van der Waals surface area contributed by atoms with Gasteiger partial charge in [0.1, 0.15) is 0 Å². The van der Waals surface area contributed by atoms with E-state index >= 15 is 0 Å². The topological polar surface area (TPSA) is 67.2 Å². The molecule has 0 aliphatic carbocycles. The minimum atomic E-state index is 0.0719. The normalized spacial score (nSPS) is 14.3. The van der Waals surface area contributed by atoms with E-state index in [0.717, 1.165) is 36.2 Å². The Hall–Kier alpha value is -1.71. The highest BCUT2D eigenvalue weighted by atomic mass is 16.1. The van der Waals surface area contributed by atoms with E-state index < -0.39 is 0 Å². The maximum atomic E-state index is 11.3. The highest BCUT2D eigenvalue weighted by Gasteiger charge is 2.17. The van der Waals surface area contributed by atoms with Gasteiger partial charge < -0.3 is 16.4 Å². The number of carbonyl (C=O) groups is 1. The summed E-state index contributed by atoms with van der Waals surface area (Å²) in [7, 11) is 0. The van der Waals surface area contributed by atoms with Crippen LogP contribution in [0.2, 0.25) is 0 Å². The SMILES string of the molecule is CCC(CC)Nc1cc2c(cc1N)NC(=O)CC2. The van der Waals surface area contributed by atoms with Gasteiger partial charge in [-0.25, -0.2) is 0 Å². The highest BCUT2D eigenvalue weighted by Crippen LogP contribution is 2.31. The van der Waals surface area contributed by atoms with E-state index in [1.807, 2.05) is 6.07 Å². The summed E-state index contributed by atoms with van der Waals surface area (Å²) in [6.07, 6.45) is 3.49. The van der Waals surface area contributed by atoms with Gasteiger partial charge in [-0.1, -0.05) is 13.8 Å². The number of nitrogen functional groups attached to an aromatic ring is 1. The molecule has 0 saturated heterocycles. The molecule has 0 unspecified atom stereocenters. The lowest BCUT2D eigenvalue weighted by Gasteiger charge is -2.22. The van der Waals surface area contributed by atoms with Crippen LogP contribution in [0.1, 0.15) is 38.7 Å². The van der Waals surface area contributed by atoms with Crippen molar-refractivity contribution in [1.82, 2.24) is 0 Å². The van der Waals surface area contributed by atoms with Crippen LogP contribution < -0.4 is 16.4 Å². The second kappa shape index (κ2) is 5.29. The molecule has 98 valence electrons. The lowest BCUT2D eigenvalue weighted by atomic mass is 10.0. The number of fused-ring (bicyclic) bond motifs is 1. The minimum absolute atomic E-state index is 0.0719. The van der Waals surface area contributed by atoms with Crippen LogP contribution in [0, 0.1) is 0 Å². The zero-order valence-electron chi connectivity index (χ0n) is 11.0. The summed E-state index contributed by atoms with van der Waals surface area (Å²) < 4.78 is 0. The van der Waals surface area contributed by atoms with Gasteiger partial charge in [0.2, 0.25) is 5.91 Å². The highest BCUT2D eigenvalue weighted by molar-refractivity contribution is 5.95. The summed E-state index contributed by atoms with van der Waals surface area (Å²) in [6, 6.07) is 4.38. The molecular weight excluding hydrogens is 226 g/mol. The van der Waals surface area contributed by atoms with Crippen molar-refractivity contribution in [1.29, 1.82) is 0 Å². The molecule has 0 saturated carbocycles. The Morgan fingerprint density at radius 1 is 1.33 bits per heavy atom. The molecule has 1 aliphatic heterocycles. The largest absolute Gasteiger partial charge is 0.397 e. The van der Waals surface area contributed by atoms with Crippen LogP contribution >= 0.6 is 0 Å². The zero-order valence-corrected chi connectivity index (χ0v) is 11.0. The van der Waals surface area contributed by atoms with Gasteiger partial charge in [0.25, 0.3) is 0 Å². The number of aryl methyl sites for hydroxylation is 1. The molecule has 18 heavy (non-hydrogen) atoms. The van der Waals surface area contributed by atoms with Crippen molar-refractivity contribution in [2.45, 2.75) is 45.6 Å². The molecule has 0 radical (unpaired) electrons. The molecule has 0 atom stereocenters. The van der Waals surface area contributed by atoms with Gasteiger partial charge in [0.15, 0.2) is 0 Å². The average Bonchev–Trinajstić information content (AvgIpc) is 2.36. The van der Waals surface area contributed by atoms with Crippen molar-refractivity contribution in [3.8, 4) is 0 Å². The molecule has 1 heterocycles. The molecule has 1 aromatic carbocycles. The van der Waals surface area contributed by atoms with Crippen molar-refractivity contribution >= 4 is 23.0 Å². The molecule has 0 fully saturated rings. The number of benzene rings is 1. The first kappa shape index (κ1) is 12.7. The fourth-order valence-electron chi connectivity index (χ4n) is 2.28. The van der Waals surface area contributed by atoms with Gasteiger partial charge >= 0.3 is 0 Å². The Labute approximate surface area is 108 Å². The van der Waals surface area contributed by atoms with Gasteiger partial charge in [-0.2, -0.15) is 0 Å². The molecule has 2 rings (SSSR count). The molecule has 1 aromatic rings. The van der Waals surface area contributed by atoms with Crippen molar-refractivity contribution in [3.05, 3.63) is 17.7 Å². The summed E-state index contributed by atoms with van der Waals surface area (Å²) in [5.41, 5.74) is 9.74. The number of anilines is 3. The van der Waals surface area contributed by atoms with Crippen LogP contribution in [-0.4, -0.2) is 11.9 Å². The van der Waals surface area contributed by atoms with E-state index in [2.05, 4.69) is 30.5 Å². The molecule has 0 bridgehead atoms. The standard InChI is InChI=1S/C14H21N3O/c1-3-10(4-2)16-13-7-9-5-6-14(18)17-12(9)8-11(13)15/h7-8,10,16H,3-6,15H2,1-2H3,(H,17,18). The van der Waals surface area contributed by atoms with Crippen LogP contribution in [0.25, 0.3) is 0 Å². The molecule has 1 aliphatic rings. The second-order valence-electron chi connectivity index (χ2n) is 4.80. The predicted octanol–water partition coefficient (Wildman–Crippen LogP) is 2.75. The number of amides is 1. The summed E-state index contributed by atoms with van der Waals surface area (Å²) in [5.74, 6) is 0.0719. The first-order valence-corrected chi connectivity index (χ1v) is 6.62. The van der Waals surface area contributed by atoms with Gasteiger partial charge in [-0.15, -0.1) is 0 Å². The second-order valence-corrected chi connectivity index (χ2v) is 4.80. The zero-order chi connectivity index (χ0) is 13.1. The smallest absolute Gasteiger partial charge is 0.224 e. The van der Waals surface area contributed by atoms with Crippen LogP contribution in [0.5, 0.6) is 0 Å². The molecule has 1 amide bonds. The van der Waals surface area contributed by atoms with Gasteiger partial charge in [0.05, 0.1) is 11.4 Å². The number of rotatable bonds is 4. The minimum Gasteiger partial charge on any atom is -0.397 e. The van der Waals surface area contributed by atoms with Crippen molar-refractivity contribution in [3.63, 3.8) is 0 Å². The molecule has 4 heteroatoms. The van der Waals surface area contributed by atoms with Crippen LogP contribution in [0.15, 0.2) is 12.1 Å². The fourth-order valence-corrected chi connectivity index (χ4v) is 2.28. The van der Waals surface area contributed by atoms with Crippen molar-refractivity contribution in [2.75, 3.05) is 16.4 Å². The van der Waals surface area contributed by atoms with E-state index in [9.17, 15) is 4.79 Å². The number of hydrogen-bond donors (Lipinski definition) is 3. The number of nitrogens with two attached hydrogens (primary N) is 1. The molecule has 0 aromatic heterocycles. The van der Waals surface area contributed by atoms with Gasteiger partial charge in [0, 0.05) is 18.2 Å². The summed E-state index contributed by atoms with van der Waals surface area (Å²) >= 11 is 0. The van der Waals surface area contributed by atoms with Gasteiger partial charge in [-0.05, 0) is 37.0 Å². The van der Waals surface area contributed by atoms with E-state index in [0.29, 0.717) is 18.2 Å². The first-order chi connectivity index (χ1) is 8.63. The Morgan fingerprint density at radius 3 is 2.72 bits per heavy atom. The van der Waals surface area contributed by atoms with Crippen molar-refractivity contribution in [2.24, 2.45) is 0 Å². The first-order valence-electron chi connectivity index (χ1n) is 6.62. The number of carbonyl (C=O) groups excluding carboxylic acids is 1. The third-order valence-corrected chi connectivity index (χ3v) is 3.52. The maximum absolute atomic E-state index is 11.3. The van der Waals surface area contributed by atoms with Crippen LogP contribution in [0.3, 0.4) is 0 Å². The molecule has 0 spiro atoms. The Kier molecular flexibility index (Phi) is 3.75. The fraction of sp³-hybridized carbons (Fsp3) is 0.500. The number of nitrogens with one attached hydrogen (secondary N) is 2. The number of hydrogen-bond acceptors (Lipinski definition) is 3. The third-order valence-electron chi connectivity index (χ3n) is 3.52. The molecule has 4 nitrogen and oxygen atoms in total. The lowest BCUT2D eigenvalue weighted by molar-refractivity contribution is -0.116. The lowest BCUT2D eigenvalue weighted by Crippen LogP contribution is -2.21. The Bertz CT molecular complexity index is 453. The van der Waals surface area contributed by atoms with E-state index in [-0.39, 0.29) is 5.91 Å². The quantitative estimate of drug-likeness (QED) is 0.717. The van der Waals surface area contributed by atoms with E-state index in [1.54, 1.807) is 0 Å². The monoisotopic (exact) mass is 247 g/mol. The third kappa shape index (κ3) is 2.58. The van der Waals surface area contributed by atoms with Crippen molar-refractivity contribution < 1.29 is 4.79 Å². The molecular formula is C14H21N3O. The summed E-state index contributed by atoms with van der Waals surface area (Å²) in [6.45, 7) is 4.33. The Morgan fingerprint density at radius 2 is 2.06 bits per heavy atom. The summed E-state index contributed by atoms with van der Waals surface area (Å²) in [4.78, 5) is 11.3. The van der Waals surface area contributed by atoms with Crippen LogP contribution in [0.4, 0.5) is 17.1 Å². The maximum Gasteiger partial charge on any atom is 0.224 e.